The number of benzene rings is 1. The van der Waals surface area contributed by atoms with Crippen LogP contribution in [0.1, 0.15) is 32.8 Å². The molecule has 2 aliphatic heterocycles. The molecular formula is C17H22N2O4. The maximum atomic E-state index is 12.6. The first-order chi connectivity index (χ1) is 10.7. The van der Waals surface area contributed by atoms with E-state index in [2.05, 4.69) is 5.32 Å². The van der Waals surface area contributed by atoms with E-state index in [1.54, 1.807) is 12.0 Å². The Kier molecular flexibility index (Phi) is 3.50. The first-order valence-corrected chi connectivity index (χ1v) is 7.73. The highest BCUT2D eigenvalue weighted by molar-refractivity contribution is 6.07. The van der Waals surface area contributed by atoms with Gasteiger partial charge in [-0.05, 0) is 51.0 Å². The standard InChI is InChI=1S/C17H22N2O4/c1-16(2,3)23-15(21)19-8-7-17(10-19)12-9-11(22-4)5-6-13(12)18-14(17)20/h5-6,9H,7-8,10H2,1-4H3,(H,18,20). The van der Waals surface area contributed by atoms with Crippen LogP contribution in [0.3, 0.4) is 0 Å². The number of fused-ring (bicyclic) bond motifs is 2. The number of hydrogen-bond donors (Lipinski definition) is 1. The lowest BCUT2D eigenvalue weighted by atomic mass is 9.81. The van der Waals surface area contributed by atoms with Gasteiger partial charge in [0.05, 0.1) is 12.5 Å². The first kappa shape index (κ1) is 15.6. The van der Waals surface area contributed by atoms with Crippen LogP contribution in [0, 0.1) is 0 Å². The number of likely N-dealkylation sites (tertiary alicyclic amines) is 1. The van der Waals surface area contributed by atoms with Crippen molar-refractivity contribution in [3.8, 4) is 5.75 Å². The Labute approximate surface area is 135 Å². The number of methoxy groups -OCH3 is 1. The molecule has 1 aromatic rings. The zero-order chi connectivity index (χ0) is 16.8. The van der Waals surface area contributed by atoms with Crippen molar-refractivity contribution in [1.82, 2.24) is 4.90 Å². The third-order valence-corrected chi connectivity index (χ3v) is 4.35. The van der Waals surface area contributed by atoms with E-state index in [0.717, 1.165) is 11.3 Å². The highest BCUT2D eigenvalue weighted by Gasteiger charge is 2.52. The van der Waals surface area contributed by atoms with Crippen LogP contribution in [-0.2, 0) is 14.9 Å². The summed E-state index contributed by atoms with van der Waals surface area (Å²) in [6.07, 6.45) is 0.205. The number of nitrogens with one attached hydrogen (secondary N) is 1. The Hall–Kier alpha value is -2.24. The monoisotopic (exact) mass is 318 g/mol. The average molecular weight is 318 g/mol. The molecule has 1 unspecified atom stereocenters. The topological polar surface area (TPSA) is 67.9 Å². The quantitative estimate of drug-likeness (QED) is 0.864. The van der Waals surface area contributed by atoms with Crippen LogP contribution in [0.25, 0.3) is 0 Å². The summed E-state index contributed by atoms with van der Waals surface area (Å²) in [5.41, 5.74) is 0.432. The molecule has 1 aromatic carbocycles. The normalized spacial score (nSPS) is 23.0. The predicted molar refractivity (Wildman–Crippen MR) is 85.7 cm³/mol. The van der Waals surface area contributed by atoms with Crippen LogP contribution in [0.2, 0.25) is 0 Å². The van der Waals surface area contributed by atoms with E-state index in [1.807, 2.05) is 39.0 Å². The van der Waals surface area contributed by atoms with Crippen LogP contribution in [0.4, 0.5) is 10.5 Å². The molecule has 1 atom stereocenters. The minimum Gasteiger partial charge on any atom is -0.497 e. The van der Waals surface area contributed by atoms with Gasteiger partial charge in [0.25, 0.3) is 0 Å². The smallest absolute Gasteiger partial charge is 0.410 e. The van der Waals surface area contributed by atoms with Gasteiger partial charge in [-0.2, -0.15) is 0 Å². The number of carbonyl (C=O) groups is 2. The van der Waals surface area contributed by atoms with Gasteiger partial charge < -0.3 is 19.7 Å². The summed E-state index contributed by atoms with van der Waals surface area (Å²) in [7, 11) is 1.60. The third-order valence-electron chi connectivity index (χ3n) is 4.35. The maximum Gasteiger partial charge on any atom is 0.410 e. The molecule has 1 fully saturated rings. The summed E-state index contributed by atoms with van der Waals surface area (Å²) in [4.78, 5) is 26.5. The summed E-state index contributed by atoms with van der Waals surface area (Å²) in [5, 5.41) is 2.92. The molecule has 0 saturated carbocycles. The van der Waals surface area contributed by atoms with Gasteiger partial charge in [-0.1, -0.05) is 0 Å². The van der Waals surface area contributed by atoms with Crippen molar-refractivity contribution in [3.63, 3.8) is 0 Å². The van der Waals surface area contributed by atoms with E-state index in [9.17, 15) is 9.59 Å². The fourth-order valence-corrected chi connectivity index (χ4v) is 3.22. The number of nitrogens with zero attached hydrogens (tertiary/aromatic N) is 1. The van der Waals surface area contributed by atoms with Gasteiger partial charge in [-0.3, -0.25) is 4.79 Å². The van der Waals surface area contributed by atoms with Crippen LogP contribution in [0.15, 0.2) is 18.2 Å². The van der Waals surface area contributed by atoms with Gasteiger partial charge in [-0.25, -0.2) is 4.79 Å². The van der Waals surface area contributed by atoms with E-state index in [1.165, 1.54) is 0 Å². The fourth-order valence-electron chi connectivity index (χ4n) is 3.22. The Balaban J connectivity index is 1.87. The van der Waals surface area contributed by atoms with E-state index < -0.39 is 11.0 Å². The van der Waals surface area contributed by atoms with Crippen molar-refractivity contribution in [2.24, 2.45) is 0 Å². The Morgan fingerprint density at radius 2 is 2.09 bits per heavy atom. The SMILES string of the molecule is COc1ccc2c(c1)C1(CCN(C(=O)OC(C)(C)C)C1)C(=O)N2. The molecule has 6 heteroatoms. The predicted octanol–water partition coefficient (Wildman–Crippen LogP) is 2.53. The van der Waals surface area contributed by atoms with Gasteiger partial charge in [0, 0.05) is 18.8 Å². The van der Waals surface area contributed by atoms with Gasteiger partial charge in [0.15, 0.2) is 0 Å². The lowest BCUT2D eigenvalue weighted by Gasteiger charge is -2.26. The summed E-state index contributed by atoms with van der Waals surface area (Å²) < 4.78 is 10.7. The minimum atomic E-state index is -0.708. The van der Waals surface area contributed by atoms with Crippen molar-refractivity contribution in [2.45, 2.75) is 38.2 Å². The summed E-state index contributed by atoms with van der Waals surface area (Å²) in [5.74, 6) is 0.641. The Morgan fingerprint density at radius 3 is 2.74 bits per heavy atom. The molecule has 2 heterocycles. The number of amides is 2. The van der Waals surface area contributed by atoms with Gasteiger partial charge in [0.1, 0.15) is 11.4 Å². The third kappa shape index (κ3) is 2.62. The fraction of sp³-hybridized carbons (Fsp3) is 0.529. The van der Waals surface area contributed by atoms with Crippen LogP contribution >= 0.6 is 0 Å². The second-order valence-electron chi connectivity index (χ2n) is 7.10. The molecule has 1 spiro atoms. The number of carbonyl (C=O) groups excluding carboxylic acids is 2. The van der Waals surface area contributed by atoms with Crippen molar-refractivity contribution in [1.29, 1.82) is 0 Å². The van der Waals surface area contributed by atoms with Crippen LogP contribution in [-0.4, -0.2) is 42.7 Å². The molecule has 2 aliphatic rings. The van der Waals surface area contributed by atoms with Crippen molar-refractivity contribution >= 4 is 17.7 Å². The largest absolute Gasteiger partial charge is 0.497 e. The van der Waals surface area contributed by atoms with E-state index in [-0.39, 0.29) is 12.0 Å². The number of hydrogen-bond acceptors (Lipinski definition) is 4. The van der Waals surface area contributed by atoms with Crippen molar-refractivity contribution in [3.05, 3.63) is 23.8 Å². The number of anilines is 1. The minimum absolute atomic E-state index is 0.0631. The van der Waals surface area contributed by atoms with Crippen molar-refractivity contribution in [2.75, 3.05) is 25.5 Å². The van der Waals surface area contributed by atoms with Crippen molar-refractivity contribution < 1.29 is 19.1 Å². The molecule has 3 rings (SSSR count). The Bertz CT molecular complexity index is 665. The van der Waals surface area contributed by atoms with Gasteiger partial charge >= 0.3 is 6.09 Å². The average Bonchev–Trinajstić information content (AvgIpc) is 3.02. The molecule has 23 heavy (non-hydrogen) atoms. The van der Waals surface area contributed by atoms with Crippen LogP contribution < -0.4 is 10.1 Å². The summed E-state index contributed by atoms with van der Waals surface area (Å²) in [6, 6.07) is 5.54. The maximum absolute atomic E-state index is 12.6. The molecule has 0 aromatic heterocycles. The molecule has 0 radical (unpaired) electrons. The number of ether oxygens (including phenoxy) is 2. The summed E-state index contributed by atoms with van der Waals surface area (Å²) in [6.45, 7) is 6.32. The van der Waals surface area contributed by atoms with Crippen LogP contribution in [0.5, 0.6) is 5.75 Å². The molecule has 1 saturated heterocycles. The molecule has 0 aliphatic carbocycles. The highest BCUT2D eigenvalue weighted by Crippen LogP contribution is 2.45. The van der Waals surface area contributed by atoms with E-state index in [4.69, 9.17) is 9.47 Å². The lowest BCUT2D eigenvalue weighted by Crippen LogP contribution is -2.41. The first-order valence-electron chi connectivity index (χ1n) is 7.73. The van der Waals surface area contributed by atoms with E-state index >= 15 is 0 Å². The zero-order valence-electron chi connectivity index (χ0n) is 13.9. The zero-order valence-corrected chi connectivity index (χ0v) is 13.9. The molecule has 1 N–H and O–H groups in total. The molecular weight excluding hydrogens is 296 g/mol. The van der Waals surface area contributed by atoms with E-state index in [0.29, 0.717) is 25.3 Å². The highest BCUT2D eigenvalue weighted by atomic mass is 16.6. The molecule has 0 bridgehead atoms. The number of rotatable bonds is 1. The molecule has 124 valence electrons. The molecule has 6 nitrogen and oxygen atoms in total. The van der Waals surface area contributed by atoms with Gasteiger partial charge in [0.2, 0.25) is 5.91 Å². The lowest BCUT2D eigenvalue weighted by molar-refractivity contribution is -0.120. The Morgan fingerprint density at radius 1 is 1.35 bits per heavy atom. The second kappa shape index (κ2) is 5.15. The molecule has 2 amide bonds. The van der Waals surface area contributed by atoms with Gasteiger partial charge in [-0.15, -0.1) is 0 Å². The second-order valence-corrected chi connectivity index (χ2v) is 7.10. The summed E-state index contributed by atoms with van der Waals surface area (Å²) >= 11 is 0.